The standard InChI is InChI=1S/C16H20N2O2/c1-18(14-7-3-2-4-8-14)16(20)15-10-9-13(12-17-15)6-5-11-19/h9-10,12,14,19H,2-4,7-8,11H2,1H3. The van der Waals surface area contributed by atoms with Crippen LogP contribution in [0.25, 0.3) is 0 Å². The monoisotopic (exact) mass is 272 g/mol. The summed E-state index contributed by atoms with van der Waals surface area (Å²) in [5.74, 6) is 5.29. The van der Waals surface area contributed by atoms with E-state index < -0.39 is 0 Å². The summed E-state index contributed by atoms with van der Waals surface area (Å²) in [6, 6.07) is 3.80. The molecular weight excluding hydrogens is 252 g/mol. The summed E-state index contributed by atoms with van der Waals surface area (Å²) >= 11 is 0. The maximum atomic E-state index is 12.4. The van der Waals surface area contributed by atoms with Gasteiger partial charge in [-0.3, -0.25) is 4.79 Å². The van der Waals surface area contributed by atoms with Gasteiger partial charge in [0.15, 0.2) is 0 Å². The first-order valence-corrected chi connectivity index (χ1v) is 7.05. The van der Waals surface area contributed by atoms with Gasteiger partial charge >= 0.3 is 0 Å². The lowest BCUT2D eigenvalue weighted by molar-refractivity contribution is 0.0690. The Morgan fingerprint density at radius 1 is 1.40 bits per heavy atom. The predicted molar refractivity (Wildman–Crippen MR) is 77.2 cm³/mol. The molecule has 0 atom stereocenters. The molecule has 0 radical (unpaired) electrons. The smallest absolute Gasteiger partial charge is 0.272 e. The second-order valence-corrected chi connectivity index (χ2v) is 5.10. The van der Waals surface area contributed by atoms with Gasteiger partial charge in [-0.1, -0.05) is 31.1 Å². The Morgan fingerprint density at radius 2 is 2.15 bits per heavy atom. The maximum absolute atomic E-state index is 12.4. The highest BCUT2D eigenvalue weighted by Crippen LogP contribution is 2.22. The van der Waals surface area contributed by atoms with Crippen LogP contribution < -0.4 is 0 Å². The number of rotatable bonds is 2. The number of hydrogen-bond donors (Lipinski definition) is 1. The number of aliphatic hydroxyl groups excluding tert-OH is 1. The molecule has 0 saturated heterocycles. The van der Waals surface area contributed by atoms with Crippen molar-refractivity contribution in [2.45, 2.75) is 38.1 Å². The number of amides is 1. The third-order valence-corrected chi connectivity index (χ3v) is 3.74. The van der Waals surface area contributed by atoms with Crippen LogP contribution in [0.3, 0.4) is 0 Å². The van der Waals surface area contributed by atoms with Crippen LogP contribution in [0.5, 0.6) is 0 Å². The van der Waals surface area contributed by atoms with Crippen molar-refractivity contribution in [1.82, 2.24) is 9.88 Å². The number of aliphatic hydroxyl groups is 1. The van der Waals surface area contributed by atoms with Crippen molar-refractivity contribution in [3.05, 3.63) is 29.6 Å². The number of aromatic nitrogens is 1. The number of pyridine rings is 1. The zero-order valence-corrected chi connectivity index (χ0v) is 11.8. The van der Waals surface area contributed by atoms with Crippen LogP contribution >= 0.6 is 0 Å². The van der Waals surface area contributed by atoms with Crippen molar-refractivity contribution in [2.75, 3.05) is 13.7 Å². The van der Waals surface area contributed by atoms with Crippen LogP contribution in [-0.2, 0) is 0 Å². The molecule has 1 heterocycles. The van der Waals surface area contributed by atoms with E-state index in [0.717, 1.165) is 12.8 Å². The third kappa shape index (κ3) is 3.58. The molecule has 1 saturated carbocycles. The number of hydrogen-bond acceptors (Lipinski definition) is 3. The molecule has 0 bridgehead atoms. The summed E-state index contributed by atoms with van der Waals surface area (Å²) in [6.45, 7) is -0.175. The van der Waals surface area contributed by atoms with Gasteiger partial charge in [-0.15, -0.1) is 0 Å². The number of nitrogens with zero attached hydrogens (tertiary/aromatic N) is 2. The van der Waals surface area contributed by atoms with E-state index in [1.165, 1.54) is 19.3 Å². The average molecular weight is 272 g/mol. The normalized spacial score (nSPS) is 15.3. The van der Waals surface area contributed by atoms with Crippen LogP contribution in [0, 0.1) is 11.8 Å². The molecule has 1 aromatic heterocycles. The van der Waals surface area contributed by atoms with E-state index in [9.17, 15) is 4.79 Å². The first-order valence-electron chi connectivity index (χ1n) is 7.05. The summed E-state index contributed by atoms with van der Waals surface area (Å²) in [4.78, 5) is 18.3. The van der Waals surface area contributed by atoms with Gasteiger partial charge in [0.05, 0.1) is 0 Å². The van der Waals surface area contributed by atoms with Crippen molar-refractivity contribution in [3.63, 3.8) is 0 Å². The van der Waals surface area contributed by atoms with Crippen molar-refractivity contribution in [2.24, 2.45) is 0 Å². The fourth-order valence-electron chi connectivity index (χ4n) is 2.55. The highest BCUT2D eigenvalue weighted by molar-refractivity contribution is 5.92. The molecule has 1 N–H and O–H groups in total. The Labute approximate surface area is 119 Å². The fourth-order valence-corrected chi connectivity index (χ4v) is 2.55. The topological polar surface area (TPSA) is 53.4 Å². The number of carbonyl (C=O) groups excluding carboxylic acids is 1. The lowest BCUT2D eigenvalue weighted by Gasteiger charge is -2.31. The second-order valence-electron chi connectivity index (χ2n) is 5.10. The van der Waals surface area contributed by atoms with Gasteiger partial charge in [-0.2, -0.15) is 0 Å². The molecule has 2 rings (SSSR count). The van der Waals surface area contributed by atoms with E-state index in [1.54, 1.807) is 18.3 Å². The lowest BCUT2D eigenvalue weighted by atomic mass is 9.94. The molecule has 1 aromatic rings. The molecule has 0 aliphatic heterocycles. The quantitative estimate of drug-likeness (QED) is 0.836. The zero-order valence-electron chi connectivity index (χ0n) is 11.8. The summed E-state index contributed by atoms with van der Waals surface area (Å²) in [5.41, 5.74) is 1.16. The molecule has 20 heavy (non-hydrogen) atoms. The van der Waals surface area contributed by atoms with Crippen LogP contribution in [0.1, 0.15) is 48.2 Å². The Bertz CT molecular complexity index is 508. The molecule has 4 nitrogen and oxygen atoms in total. The van der Waals surface area contributed by atoms with Crippen molar-refractivity contribution >= 4 is 5.91 Å². The summed E-state index contributed by atoms with van der Waals surface area (Å²) in [5, 5.41) is 8.63. The van der Waals surface area contributed by atoms with E-state index >= 15 is 0 Å². The minimum atomic E-state index is -0.175. The van der Waals surface area contributed by atoms with E-state index in [-0.39, 0.29) is 12.5 Å². The Balaban J connectivity index is 2.04. The van der Waals surface area contributed by atoms with Crippen molar-refractivity contribution in [1.29, 1.82) is 0 Å². The maximum Gasteiger partial charge on any atom is 0.272 e. The highest BCUT2D eigenvalue weighted by Gasteiger charge is 2.23. The summed E-state index contributed by atoms with van der Waals surface area (Å²) < 4.78 is 0. The van der Waals surface area contributed by atoms with Crippen LogP contribution in [0.15, 0.2) is 18.3 Å². The van der Waals surface area contributed by atoms with Gasteiger partial charge in [-0.25, -0.2) is 4.98 Å². The van der Waals surface area contributed by atoms with Crippen LogP contribution in [0.2, 0.25) is 0 Å². The summed E-state index contributed by atoms with van der Waals surface area (Å²) in [7, 11) is 1.86. The molecule has 0 aromatic carbocycles. The Hall–Kier alpha value is -1.86. The Kier molecular flexibility index (Phi) is 5.14. The lowest BCUT2D eigenvalue weighted by Crippen LogP contribution is -2.38. The van der Waals surface area contributed by atoms with Crippen molar-refractivity contribution < 1.29 is 9.90 Å². The van der Waals surface area contributed by atoms with Gasteiger partial charge in [0.1, 0.15) is 12.3 Å². The highest BCUT2D eigenvalue weighted by atomic mass is 16.2. The molecule has 106 valence electrons. The minimum absolute atomic E-state index is 0.0291. The molecule has 1 aliphatic rings. The minimum Gasteiger partial charge on any atom is -0.384 e. The van der Waals surface area contributed by atoms with Gasteiger partial charge in [0.25, 0.3) is 5.91 Å². The van der Waals surface area contributed by atoms with Gasteiger partial charge in [-0.05, 0) is 25.0 Å². The third-order valence-electron chi connectivity index (χ3n) is 3.74. The number of carbonyl (C=O) groups is 1. The van der Waals surface area contributed by atoms with Gasteiger partial charge in [0.2, 0.25) is 0 Å². The second kappa shape index (κ2) is 7.06. The van der Waals surface area contributed by atoms with E-state index in [4.69, 9.17) is 5.11 Å². The molecule has 0 spiro atoms. The molecule has 0 unspecified atom stereocenters. The molecule has 4 heteroatoms. The summed E-state index contributed by atoms with van der Waals surface area (Å²) in [6.07, 6.45) is 7.42. The van der Waals surface area contributed by atoms with Crippen LogP contribution in [0.4, 0.5) is 0 Å². The van der Waals surface area contributed by atoms with E-state index in [2.05, 4.69) is 16.8 Å². The van der Waals surface area contributed by atoms with E-state index in [1.807, 2.05) is 11.9 Å². The fraction of sp³-hybridized carbons (Fsp3) is 0.500. The zero-order chi connectivity index (χ0) is 14.4. The Morgan fingerprint density at radius 3 is 2.75 bits per heavy atom. The molecule has 1 fully saturated rings. The first kappa shape index (κ1) is 14.5. The van der Waals surface area contributed by atoms with E-state index in [0.29, 0.717) is 17.3 Å². The predicted octanol–water partition coefficient (Wildman–Crippen LogP) is 1.83. The van der Waals surface area contributed by atoms with Crippen LogP contribution in [-0.4, -0.2) is 40.6 Å². The average Bonchev–Trinajstić information content (AvgIpc) is 2.53. The van der Waals surface area contributed by atoms with Gasteiger partial charge in [0, 0.05) is 24.8 Å². The molecule has 1 aliphatic carbocycles. The van der Waals surface area contributed by atoms with Crippen molar-refractivity contribution in [3.8, 4) is 11.8 Å². The largest absolute Gasteiger partial charge is 0.384 e. The molecule has 1 amide bonds. The SMILES string of the molecule is CN(C(=O)c1ccc(C#CCO)cn1)C1CCCCC1. The first-order chi connectivity index (χ1) is 9.72. The van der Waals surface area contributed by atoms with Gasteiger partial charge < -0.3 is 10.0 Å². The molecular formula is C16H20N2O2.